The summed E-state index contributed by atoms with van der Waals surface area (Å²) in [6.07, 6.45) is 3.37. The Morgan fingerprint density at radius 1 is 1.21 bits per heavy atom. The predicted octanol–water partition coefficient (Wildman–Crippen LogP) is 2.01. The van der Waals surface area contributed by atoms with E-state index in [1.54, 1.807) is 25.5 Å². The molecule has 0 radical (unpaired) electrons. The summed E-state index contributed by atoms with van der Waals surface area (Å²) in [5, 5.41) is 5.85. The van der Waals surface area contributed by atoms with Crippen LogP contribution in [-0.4, -0.2) is 22.9 Å². The van der Waals surface area contributed by atoms with Gasteiger partial charge in [-0.15, -0.1) is 0 Å². The minimum atomic E-state index is -0.200. The first-order valence-electron chi connectivity index (χ1n) is 6.06. The summed E-state index contributed by atoms with van der Waals surface area (Å²) < 4.78 is 0. The number of pyridine rings is 2. The maximum atomic E-state index is 11.5. The molecule has 0 saturated carbocycles. The van der Waals surface area contributed by atoms with E-state index in [0.29, 0.717) is 5.69 Å². The minimum Gasteiger partial charge on any atom is -0.377 e. The average Bonchev–Trinajstić information content (AvgIpc) is 2.47. The number of aromatic nitrogens is 2. The van der Waals surface area contributed by atoms with Crippen molar-refractivity contribution >= 4 is 11.6 Å². The van der Waals surface area contributed by atoms with Crippen molar-refractivity contribution in [2.75, 3.05) is 12.4 Å². The summed E-state index contributed by atoms with van der Waals surface area (Å²) in [6.45, 7) is 2.02. The van der Waals surface area contributed by atoms with Gasteiger partial charge in [0.1, 0.15) is 5.69 Å². The fourth-order valence-electron chi connectivity index (χ4n) is 1.73. The van der Waals surface area contributed by atoms with Crippen LogP contribution in [0.1, 0.15) is 29.1 Å². The number of nitrogens with one attached hydrogen (secondary N) is 2. The Morgan fingerprint density at radius 3 is 2.74 bits per heavy atom. The summed E-state index contributed by atoms with van der Waals surface area (Å²) >= 11 is 0. The van der Waals surface area contributed by atoms with Gasteiger partial charge in [0.25, 0.3) is 5.91 Å². The maximum Gasteiger partial charge on any atom is 0.269 e. The molecule has 19 heavy (non-hydrogen) atoms. The number of amides is 1. The lowest BCUT2D eigenvalue weighted by Crippen LogP contribution is -2.19. The molecule has 2 aromatic rings. The Morgan fingerprint density at radius 2 is 2.05 bits per heavy atom. The molecule has 98 valence electrons. The Balaban J connectivity index is 2.13. The van der Waals surface area contributed by atoms with Gasteiger partial charge in [-0.1, -0.05) is 6.07 Å². The van der Waals surface area contributed by atoms with Crippen LogP contribution in [0.2, 0.25) is 0 Å². The highest BCUT2D eigenvalue weighted by Crippen LogP contribution is 2.17. The number of anilines is 1. The monoisotopic (exact) mass is 256 g/mol. The molecule has 2 N–H and O–H groups in total. The Kier molecular flexibility index (Phi) is 4.07. The number of carbonyl (C=O) groups is 1. The van der Waals surface area contributed by atoms with Gasteiger partial charge in [-0.05, 0) is 31.2 Å². The van der Waals surface area contributed by atoms with Crippen LogP contribution in [0.5, 0.6) is 0 Å². The first-order chi connectivity index (χ1) is 9.20. The van der Waals surface area contributed by atoms with Crippen molar-refractivity contribution in [2.45, 2.75) is 13.0 Å². The number of carbonyl (C=O) groups excluding carboxylic acids is 1. The van der Waals surface area contributed by atoms with Crippen molar-refractivity contribution in [2.24, 2.45) is 0 Å². The SMILES string of the molecule is CNC(=O)c1cc(NC(C)c2ccccn2)ccn1. The molecule has 0 aliphatic carbocycles. The minimum absolute atomic E-state index is 0.0566. The summed E-state index contributed by atoms with van der Waals surface area (Å²) in [7, 11) is 1.58. The van der Waals surface area contributed by atoms with Crippen LogP contribution in [0.4, 0.5) is 5.69 Å². The van der Waals surface area contributed by atoms with Crippen molar-refractivity contribution < 1.29 is 4.79 Å². The highest BCUT2D eigenvalue weighted by atomic mass is 16.1. The van der Waals surface area contributed by atoms with Crippen molar-refractivity contribution in [1.29, 1.82) is 0 Å². The van der Waals surface area contributed by atoms with Crippen LogP contribution >= 0.6 is 0 Å². The van der Waals surface area contributed by atoms with Gasteiger partial charge >= 0.3 is 0 Å². The molecule has 0 fully saturated rings. The second-order valence-corrected chi connectivity index (χ2v) is 4.13. The molecule has 0 aliphatic heterocycles. The fraction of sp³-hybridized carbons (Fsp3) is 0.214. The van der Waals surface area contributed by atoms with Crippen LogP contribution in [0.25, 0.3) is 0 Å². The van der Waals surface area contributed by atoms with Gasteiger partial charge < -0.3 is 10.6 Å². The molecule has 0 spiro atoms. The molecule has 2 rings (SSSR count). The summed E-state index contributed by atoms with van der Waals surface area (Å²) in [5.41, 5.74) is 2.17. The molecule has 2 heterocycles. The van der Waals surface area contributed by atoms with Crippen LogP contribution in [0.15, 0.2) is 42.7 Å². The van der Waals surface area contributed by atoms with Gasteiger partial charge in [-0.3, -0.25) is 14.8 Å². The van der Waals surface area contributed by atoms with Gasteiger partial charge in [-0.2, -0.15) is 0 Å². The molecule has 5 heteroatoms. The third-order valence-electron chi connectivity index (χ3n) is 2.73. The van der Waals surface area contributed by atoms with E-state index in [1.165, 1.54) is 0 Å². The fourth-order valence-corrected chi connectivity index (χ4v) is 1.73. The topological polar surface area (TPSA) is 66.9 Å². The van der Waals surface area contributed by atoms with Crippen LogP contribution < -0.4 is 10.6 Å². The van der Waals surface area contributed by atoms with E-state index < -0.39 is 0 Å². The van der Waals surface area contributed by atoms with Gasteiger partial charge in [0.15, 0.2) is 0 Å². The van der Waals surface area contributed by atoms with E-state index in [-0.39, 0.29) is 11.9 Å². The van der Waals surface area contributed by atoms with Gasteiger partial charge in [-0.25, -0.2) is 0 Å². The van der Waals surface area contributed by atoms with Crippen LogP contribution in [-0.2, 0) is 0 Å². The van der Waals surface area contributed by atoms with Crippen LogP contribution in [0, 0.1) is 0 Å². The molecular formula is C14H16N4O. The van der Waals surface area contributed by atoms with Gasteiger partial charge in [0.05, 0.1) is 11.7 Å². The molecule has 1 amide bonds. The second-order valence-electron chi connectivity index (χ2n) is 4.13. The standard InChI is InChI=1S/C14H16N4O/c1-10(12-5-3-4-7-16-12)18-11-6-8-17-13(9-11)14(19)15-2/h3-10H,1-2H3,(H,15,19)(H,17,18). The number of hydrogen-bond acceptors (Lipinski definition) is 4. The number of hydrogen-bond donors (Lipinski definition) is 2. The van der Waals surface area contributed by atoms with Crippen molar-refractivity contribution in [3.05, 3.63) is 54.1 Å². The Labute approximate surface area is 112 Å². The van der Waals surface area contributed by atoms with Gasteiger partial charge in [0.2, 0.25) is 0 Å². The maximum absolute atomic E-state index is 11.5. The van der Waals surface area contributed by atoms with Crippen LogP contribution in [0.3, 0.4) is 0 Å². The normalized spacial score (nSPS) is 11.7. The predicted molar refractivity (Wildman–Crippen MR) is 73.9 cm³/mol. The highest BCUT2D eigenvalue weighted by molar-refractivity contribution is 5.92. The summed E-state index contributed by atoms with van der Waals surface area (Å²) in [6, 6.07) is 9.39. The van der Waals surface area contributed by atoms with Crippen molar-refractivity contribution in [3.63, 3.8) is 0 Å². The van der Waals surface area contributed by atoms with Crippen molar-refractivity contribution in [3.8, 4) is 0 Å². The van der Waals surface area contributed by atoms with E-state index in [1.807, 2.05) is 31.2 Å². The molecule has 0 aromatic carbocycles. The largest absolute Gasteiger partial charge is 0.377 e. The molecule has 1 atom stereocenters. The van der Waals surface area contributed by atoms with E-state index in [9.17, 15) is 4.79 Å². The summed E-state index contributed by atoms with van der Waals surface area (Å²) in [5.74, 6) is -0.200. The number of rotatable bonds is 4. The first kappa shape index (κ1) is 13.0. The van der Waals surface area contributed by atoms with Crippen molar-refractivity contribution in [1.82, 2.24) is 15.3 Å². The zero-order valence-corrected chi connectivity index (χ0v) is 10.9. The zero-order valence-electron chi connectivity index (χ0n) is 10.9. The molecule has 0 saturated heterocycles. The molecule has 0 aliphatic rings. The third kappa shape index (κ3) is 3.28. The quantitative estimate of drug-likeness (QED) is 0.878. The van der Waals surface area contributed by atoms with Gasteiger partial charge in [0, 0.05) is 25.1 Å². The second kappa shape index (κ2) is 5.95. The molecule has 1 unspecified atom stereocenters. The Bertz CT molecular complexity index is 556. The molecular weight excluding hydrogens is 240 g/mol. The zero-order chi connectivity index (χ0) is 13.7. The summed E-state index contributed by atoms with van der Waals surface area (Å²) in [4.78, 5) is 19.8. The lowest BCUT2D eigenvalue weighted by atomic mass is 10.2. The molecule has 2 aromatic heterocycles. The third-order valence-corrected chi connectivity index (χ3v) is 2.73. The molecule has 5 nitrogen and oxygen atoms in total. The molecule has 0 bridgehead atoms. The lowest BCUT2D eigenvalue weighted by molar-refractivity contribution is 0.0958. The number of nitrogens with zero attached hydrogens (tertiary/aromatic N) is 2. The first-order valence-corrected chi connectivity index (χ1v) is 6.06. The smallest absolute Gasteiger partial charge is 0.269 e. The Hall–Kier alpha value is -2.43. The average molecular weight is 256 g/mol. The van der Waals surface area contributed by atoms with E-state index >= 15 is 0 Å². The van der Waals surface area contributed by atoms with E-state index in [4.69, 9.17) is 0 Å². The van der Waals surface area contributed by atoms with E-state index in [0.717, 1.165) is 11.4 Å². The lowest BCUT2D eigenvalue weighted by Gasteiger charge is -2.14. The highest BCUT2D eigenvalue weighted by Gasteiger charge is 2.09. The van der Waals surface area contributed by atoms with E-state index in [2.05, 4.69) is 20.6 Å².